The van der Waals surface area contributed by atoms with Crippen LogP contribution in [-0.2, 0) is 15.0 Å². The Morgan fingerprint density at radius 2 is 1.67 bits per heavy atom. The lowest BCUT2D eigenvalue weighted by molar-refractivity contribution is -0.132. The molecule has 1 N–H and O–H groups in total. The topological polar surface area (TPSA) is 83.4 Å². The number of anilines is 1. The van der Waals surface area contributed by atoms with E-state index in [-0.39, 0.29) is 16.7 Å². The van der Waals surface area contributed by atoms with Crippen molar-refractivity contribution in [2.75, 3.05) is 4.90 Å². The van der Waals surface area contributed by atoms with Crippen LogP contribution in [0, 0.1) is 20.8 Å². The summed E-state index contributed by atoms with van der Waals surface area (Å²) in [5, 5.41) is 20.5. The third-order valence-electron chi connectivity index (χ3n) is 5.91. The summed E-state index contributed by atoms with van der Waals surface area (Å²) in [6, 6.07) is 12.7. The lowest BCUT2D eigenvalue weighted by atomic mass is 9.85. The van der Waals surface area contributed by atoms with Crippen molar-refractivity contribution in [3.63, 3.8) is 0 Å². The Kier molecular flexibility index (Phi) is 5.70. The lowest BCUT2D eigenvalue weighted by Crippen LogP contribution is -2.29. The van der Waals surface area contributed by atoms with Crippen LogP contribution in [0.15, 0.2) is 48.0 Å². The first-order valence-electron chi connectivity index (χ1n) is 10.8. The van der Waals surface area contributed by atoms with Gasteiger partial charge in [-0.25, -0.2) is 0 Å². The van der Waals surface area contributed by atoms with Crippen molar-refractivity contribution in [2.24, 2.45) is 0 Å². The van der Waals surface area contributed by atoms with Gasteiger partial charge in [-0.05, 0) is 48.9 Å². The highest BCUT2D eigenvalue weighted by atomic mass is 32.1. The predicted octanol–water partition coefficient (Wildman–Crippen LogP) is 5.39. The minimum Gasteiger partial charge on any atom is -0.507 e. The normalized spacial score (nSPS) is 18.2. The molecule has 1 saturated heterocycles. The van der Waals surface area contributed by atoms with E-state index < -0.39 is 17.7 Å². The molecule has 4 rings (SSSR count). The molecule has 1 amide bonds. The van der Waals surface area contributed by atoms with Gasteiger partial charge in [0.2, 0.25) is 5.13 Å². The van der Waals surface area contributed by atoms with Gasteiger partial charge in [0.05, 0.1) is 11.6 Å². The van der Waals surface area contributed by atoms with E-state index in [4.69, 9.17) is 0 Å². The summed E-state index contributed by atoms with van der Waals surface area (Å²) in [5.74, 6) is -1.63. The highest BCUT2D eigenvalue weighted by Gasteiger charge is 2.48. The summed E-state index contributed by atoms with van der Waals surface area (Å²) in [6.45, 7) is 11.9. The molecule has 170 valence electrons. The van der Waals surface area contributed by atoms with Gasteiger partial charge in [-0.1, -0.05) is 74.1 Å². The van der Waals surface area contributed by atoms with E-state index >= 15 is 0 Å². The third kappa shape index (κ3) is 4.09. The van der Waals surface area contributed by atoms with Gasteiger partial charge in [-0.2, -0.15) is 0 Å². The zero-order valence-corrected chi connectivity index (χ0v) is 20.4. The Bertz CT molecular complexity index is 1280. The van der Waals surface area contributed by atoms with E-state index in [2.05, 4.69) is 31.0 Å². The second kappa shape index (κ2) is 8.23. The maximum Gasteiger partial charge on any atom is 0.301 e. The zero-order valence-electron chi connectivity index (χ0n) is 19.6. The van der Waals surface area contributed by atoms with Crippen molar-refractivity contribution >= 4 is 33.9 Å². The molecule has 0 bridgehead atoms. The van der Waals surface area contributed by atoms with Crippen LogP contribution in [0.25, 0.3) is 5.76 Å². The summed E-state index contributed by atoms with van der Waals surface area (Å²) in [5.41, 5.74) is 4.17. The van der Waals surface area contributed by atoms with Gasteiger partial charge in [0, 0.05) is 5.56 Å². The molecule has 1 unspecified atom stereocenters. The fourth-order valence-electron chi connectivity index (χ4n) is 4.03. The number of carbonyl (C=O) groups is 2. The number of nitrogens with zero attached hydrogens (tertiary/aromatic N) is 3. The van der Waals surface area contributed by atoms with Crippen LogP contribution >= 0.6 is 11.3 Å². The molecule has 3 aromatic rings. The first-order chi connectivity index (χ1) is 15.5. The minimum atomic E-state index is -0.800. The van der Waals surface area contributed by atoms with Crippen molar-refractivity contribution < 1.29 is 14.7 Å². The molecule has 7 heteroatoms. The molecule has 1 aliphatic rings. The number of aliphatic hydroxyl groups excluding tert-OH is 1. The first kappa shape index (κ1) is 22.9. The number of aromatic nitrogens is 2. The van der Waals surface area contributed by atoms with Crippen LogP contribution in [0.3, 0.4) is 0 Å². The van der Waals surface area contributed by atoms with Crippen molar-refractivity contribution in [1.82, 2.24) is 10.2 Å². The van der Waals surface area contributed by atoms with Crippen LogP contribution in [0.1, 0.15) is 59.6 Å². The molecule has 2 heterocycles. The van der Waals surface area contributed by atoms with E-state index in [9.17, 15) is 14.7 Å². The smallest absolute Gasteiger partial charge is 0.301 e. The Morgan fingerprint density at radius 3 is 2.24 bits per heavy atom. The van der Waals surface area contributed by atoms with E-state index in [0.717, 1.165) is 22.3 Å². The molecule has 0 aliphatic carbocycles. The molecule has 1 aliphatic heterocycles. The van der Waals surface area contributed by atoms with Gasteiger partial charge in [-0.15, -0.1) is 10.2 Å². The third-order valence-corrected chi connectivity index (χ3v) is 6.74. The number of benzene rings is 2. The van der Waals surface area contributed by atoms with E-state index in [1.165, 1.54) is 16.2 Å². The fraction of sp³-hybridized carbons (Fsp3) is 0.308. The Hall–Kier alpha value is -3.32. The van der Waals surface area contributed by atoms with Gasteiger partial charge < -0.3 is 5.11 Å². The molecule has 1 atom stereocenters. The number of rotatable bonds is 3. The largest absolute Gasteiger partial charge is 0.507 e. The van der Waals surface area contributed by atoms with Gasteiger partial charge in [-0.3, -0.25) is 14.5 Å². The van der Waals surface area contributed by atoms with E-state index in [1.54, 1.807) is 6.92 Å². The number of ketones is 1. The zero-order chi connectivity index (χ0) is 24.1. The number of hydrogen-bond donors (Lipinski definition) is 1. The Balaban J connectivity index is 1.95. The van der Waals surface area contributed by atoms with Crippen LogP contribution in [0.5, 0.6) is 0 Å². The summed E-state index contributed by atoms with van der Waals surface area (Å²) in [4.78, 5) is 27.8. The Labute approximate surface area is 197 Å². The monoisotopic (exact) mass is 461 g/mol. The number of amides is 1. The van der Waals surface area contributed by atoms with Crippen LogP contribution in [0.2, 0.25) is 0 Å². The number of carbonyl (C=O) groups excluding carboxylic acids is 2. The van der Waals surface area contributed by atoms with Crippen LogP contribution in [0.4, 0.5) is 5.13 Å². The molecule has 0 spiro atoms. The number of aliphatic hydroxyl groups is 1. The summed E-state index contributed by atoms with van der Waals surface area (Å²) in [6.07, 6.45) is 0. The molecule has 1 fully saturated rings. The quantitative estimate of drug-likeness (QED) is 0.321. The highest BCUT2D eigenvalue weighted by Crippen LogP contribution is 2.43. The van der Waals surface area contributed by atoms with Gasteiger partial charge in [0.1, 0.15) is 10.8 Å². The van der Waals surface area contributed by atoms with Crippen LogP contribution < -0.4 is 4.90 Å². The SMILES string of the molecule is Cc1ccc(C)c(/C(O)=C2/C(=O)C(=O)N(c3nnc(C)s3)C2c2ccc(C(C)(C)C)cc2)c1. The average molecular weight is 462 g/mol. The molecule has 33 heavy (non-hydrogen) atoms. The standard InChI is InChI=1S/C26H27N3O3S/c1-14-7-8-15(2)19(13-14)22(30)20-21(17-9-11-18(12-10-17)26(4,5)6)29(24(32)23(20)31)25-28-27-16(3)33-25/h7-13,21,30H,1-6H3/b22-20-. The first-order valence-corrected chi connectivity index (χ1v) is 11.6. The number of Topliss-reactive ketones (excluding diaryl/α,β-unsaturated/α-hetero) is 1. The summed E-state index contributed by atoms with van der Waals surface area (Å²) < 4.78 is 0. The van der Waals surface area contributed by atoms with Gasteiger partial charge in [0.15, 0.2) is 0 Å². The molecule has 0 radical (unpaired) electrons. The fourth-order valence-corrected chi connectivity index (χ4v) is 4.74. The van der Waals surface area contributed by atoms with Crippen LogP contribution in [-0.4, -0.2) is 27.0 Å². The maximum atomic E-state index is 13.3. The van der Waals surface area contributed by atoms with Crippen molar-refractivity contribution in [1.29, 1.82) is 0 Å². The summed E-state index contributed by atoms with van der Waals surface area (Å²) >= 11 is 1.24. The number of aryl methyl sites for hydroxylation is 3. The molecule has 2 aromatic carbocycles. The van der Waals surface area contributed by atoms with Gasteiger partial charge in [0.25, 0.3) is 5.78 Å². The average Bonchev–Trinajstić information content (AvgIpc) is 3.29. The second-order valence-electron chi connectivity index (χ2n) is 9.46. The maximum absolute atomic E-state index is 13.3. The van der Waals surface area contributed by atoms with E-state index in [1.807, 2.05) is 56.3 Å². The lowest BCUT2D eigenvalue weighted by Gasteiger charge is -2.24. The Morgan fingerprint density at radius 1 is 1.00 bits per heavy atom. The van der Waals surface area contributed by atoms with Crippen molar-refractivity contribution in [2.45, 2.75) is 53.0 Å². The molecular formula is C26H27N3O3S. The second-order valence-corrected chi connectivity index (χ2v) is 10.6. The molecular weight excluding hydrogens is 434 g/mol. The van der Waals surface area contributed by atoms with Crippen molar-refractivity contribution in [3.05, 3.63) is 80.9 Å². The predicted molar refractivity (Wildman–Crippen MR) is 130 cm³/mol. The van der Waals surface area contributed by atoms with E-state index in [0.29, 0.717) is 15.7 Å². The summed E-state index contributed by atoms with van der Waals surface area (Å²) in [7, 11) is 0. The van der Waals surface area contributed by atoms with Crippen molar-refractivity contribution in [3.8, 4) is 0 Å². The molecule has 6 nitrogen and oxygen atoms in total. The molecule has 0 saturated carbocycles. The minimum absolute atomic E-state index is 0.0463. The van der Waals surface area contributed by atoms with Gasteiger partial charge >= 0.3 is 5.91 Å². The highest BCUT2D eigenvalue weighted by molar-refractivity contribution is 7.15. The number of hydrogen-bond acceptors (Lipinski definition) is 6. The molecule has 1 aromatic heterocycles.